The normalized spacial score (nSPS) is 16.6. The first kappa shape index (κ1) is 14.4. The van der Waals surface area contributed by atoms with Gasteiger partial charge in [-0.15, -0.1) is 0 Å². The van der Waals surface area contributed by atoms with E-state index >= 15 is 0 Å². The van der Waals surface area contributed by atoms with Gasteiger partial charge in [0.1, 0.15) is 17.5 Å². The van der Waals surface area contributed by atoms with Crippen LogP contribution in [0, 0.1) is 23.4 Å². The van der Waals surface area contributed by atoms with E-state index in [9.17, 15) is 13.2 Å². The summed E-state index contributed by atoms with van der Waals surface area (Å²) in [6.07, 6.45) is 5.00. The molecule has 0 heterocycles. The van der Waals surface area contributed by atoms with Gasteiger partial charge >= 0.3 is 0 Å². The average Bonchev–Trinajstić information content (AvgIpc) is 3.14. The van der Waals surface area contributed by atoms with Gasteiger partial charge in [0.2, 0.25) is 0 Å². The van der Waals surface area contributed by atoms with Crippen LogP contribution in [0.1, 0.15) is 50.6 Å². The van der Waals surface area contributed by atoms with Gasteiger partial charge in [-0.3, -0.25) is 0 Å². The minimum Gasteiger partial charge on any atom is -0.310 e. The molecule has 0 spiro atoms. The first-order valence-corrected chi connectivity index (χ1v) is 6.99. The third kappa shape index (κ3) is 3.96. The van der Waals surface area contributed by atoms with Crippen LogP contribution in [-0.2, 0) is 0 Å². The van der Waals surface area contributed by atoms with Gasteiger partial charge in [0.05, 0.1) is 0 Å². The van der Waals surface area contributed by atoms with E-state index in [1.54, 1.807) is 0 Å². The Kier molecular flexibility index (Phi) is 4.86. The second kappa shape index (κ2) is 6.42. The molecule has 106 valence electrons. The van der Waals surface area contributed by atoms with Crippen LogP contribution in [-0.4, -0.2) is 6.54 Å². The van der Waals surface area contributed by atoms with Crippen molar-refractivity contribution in [3.05, 3.63) is 35.1 Å². The summed E-state index contributed by atoms with van der Waals surface area (Å²) in [7, 11) is 0. The standard InChI is InChI=1S/C15H20F3N/c1-2-7-19-14(6-5-10-3-4-10)15-12(17)8-11(16)9-13(15)18/h8-10,14,19H,2-7H2,1H3. The molecule has 1 saturated carbocycles. The highest BCUT2D eigenvalue weighted by Crippen LogP contribution is 2.36. The quantitative estimate of drug-likeness (QED) is 0.778. The minimum atomic E-state index is -0.866. The molecule has 0 bridgehead atoms. The maximum Gasteiger partial charge on any atom is 0.133 e. The van der Waals surface area contributed by atoms with E-state index in [0.29, 0.717) is 18.9 Å². The average molecular weight is 271 g/mol. The van der Waals surface area contributed by atoms with Crippen LogP contribution in [0.25, 0.3) is 0 Å². The summed E-state index contributed by atoms with van der Waals surface area (Å²) in [6.45, 7) is 2.70. The Bertz CT molecular complexity index is 406. The molecule has 19 heavy (non-hydrogen) atoms. The number of benzene rings is 1. The third-order valence-electron chi connectivity index (χ3n) is 3.59. The van der Waals surface area contributed by atoms with Gasteiger partial charge in [0.25, 0.3) is 0 Å². The summed E-state index contributed by atoms with van der Waals surface area (Å²) in [5.74, 6) is -1.74. The van der Waals surface area contributed by atoms with Gasteiger partial charge in [0.15, 0.2) is 0 Å². The lowest BCUT2D eigenvalue weighted by Gasteiger charge is -2.20. The van der Waals surface area contributed by atoms with Crippen molar-refractivity contribution in [2.24, 2.45) is 5.92 Å². The summed E-state index contributed by atoms with van der Waals surface area (Å²) in [4.78, 5) is 0. The molecule has 2 rings (SSSR count). The van der Waals surface area contributed by atoms with Crippen LogP contribution < -0.4 is 5.32 Å². The molecule has 1 aromatic rings. The van der Waals surface area contributed by atoms with Crippen molar-refractivity contribution in [2.75, 3.05) is 6.54 Å². The molecular weight excluding hydrogens is 251 g/mol. The summed E-state index contributed by atoms with van der Waals surface area (Å²) >= 11 is 0. The zero-order valence-corrected chi connectivity index (χ0v) is 11.2. The molecule has 0 aliphatic heterocycles. The van der Waals surface area contributed by atoms with E-state index in [1.807, 2.05) is 6.92 Å². The van der Waals surface area contributed by atoms with Crippen LogP contribution in [0.3, 0.4) is 0 Å². The van der Waals surface area contributed by atoms with Crippen molar-refractivity contribution >= 4 is 0 Å². The lowest BCUT2D eigenvalue weighted by molar-refractivity contribution is 0.423. The predicted molar refractivity (Wildman–Crippen MR) is 69.3 cm³/mol. The zero-order chi connectivity index (χ0) is 13.8. The third-order valence-corrected chi connectivity index (χ3v) is 3.59. The van der Waals surface area contributed by atoms with Crippen molar-refractivity contribution in [1.29, 1.82) is 0 Å². The van der Waals surface area contributed by atoms with E-state index in [1.165, 1.54) is 12.8 Å². The molecule has 0 amide bonds. The molecule has 1 fully saturated rings. The Morgan fingerprint density at radius 3 is 2.37 bits per heavy atom. The maximum atomic E-state index is 13.8. The molecule has 4 heteroatoms. The SMILES string of the molecule is CCCNC(CCC1CC1)c1c(F)cc(F)cc1F. The highest BCUT2D eigenvalue weighted by atomic mass is 19.1. The molecule has 1 unspecified atom stereocenters. The van der Waals surface area contributed by atoms with Crippen LogP contribution in [0.15, 0.2) is 12.1 Å². The highest BCUT2D eigenvalue weighted by molar-refractivity contribution is 5.24. The second-order valence-corrected chi connectivity index (χ2v) is 5.31. The smallest absolute Gasteiger partial charge is 0.133 e. The molecule has 0 radical (unpaired) electrons. The molecule has 1 N–H and O–H groups in total. The summed E-state index contributed by atoms with van der Waals surface area (Å²) in [6, 6.07) is 1.16. The lowest BCUT2D eigenvalue weighted by Crippen LogP contribution is -2.24. The Morgan fingerprint density at radius 1 is 1.21 bits per heavy atom. The van der Waals surface area contributed by atoms with Gasteiger partial charge in [-0.05, 0) is 31.7 Å². The predicted octanol–water partition coefficient (Wildman–Crippen LogP) is 4.33. The number of hydrogen-bond acceptors (Lipinski definition) is 1. The number of rotatable bonds is 7. The topological polar surface area (TPSA) is 12.0 Å². The van der Waals surface area contributed by atoms with E-state index < -0.39 is 17.5 Å². The van der Waals surface area contributed by atoms with E-state index in [2.05, 4.69) is 5.32 Å². The van der Waals surface area contributed by atoms with Gasteiger partial charge in [-0.1, -0.05) is 19.8 Å². The van der Waals surface area contributed by atoms with Gasteiger partial charge in [-0.25, -0.2) is 13.2 Å². The summed E-state index contributed by atoms with van der Waals surface area (Å²) in [5.41, 5.74) is -0.0181. The van der Waals surface area contributed by atoms with Gasteiger partial charge in [0, 0.05) is 23.7 Å². The highest BCUT2D eigenvalue weighted by Gasteiger charge is 2.26. The zero-order valence-electron chi connectivity index (χ0n) is 11.2. The van der Waals surface area contributed by atoms with E-state index in [-0.39, 0.29) is 11.6 Å². The fourth-order valence-corrected chi connectivity index (χ4v) is 2.36. The van der Waals surface area contributed by atoms with Crippen molar-refractivity contribution in [1.82, 2.24) is 5.32 Å². The van der Waals surface area contributed by atoms with Crippen molar-refractivity contribution in [2.45, 2.75) is 45.1 Å². The molecule has 0 aromatic heterocycles. The first-order valence-electron chi connectivity index (χ1n) is 6.99. The molecule has 0 saturated heterocycles. The first-order chi connectivity index (χ1) is 9.11. The number of halogens is 3. The molecule has 1 nitrogen and oxygen atoms in total. The van der Waals surface area contributed by atoms with E-state index in [4.69, 9.17) is 0 Å². The second-order valence-electron chi connectivity index (χ2n) is 5.31. The van der Waals surface area contributed by atoms with Crippen LogP contribution >= 0.6 is 0 Å². The molecular formula is C15H20F3N. The van der Waals surface area contributed by atoms with Crippen molar-refractivity contribution < 1.29 is 13.2 Å². The Labute approximate surface area is 112 Å². The summed E-state index contributed by atoms with van der Waals surface area (Å²) < 4.78 is 40.6. The molecule has 1 aliphatic rings. The molecule has 1 atom stereocenters. The Balaban J connectivity index is 2.14. The van der Waals surface area contributed by atoms with E-state index in [0.717, 1.165) is 25.0 Å². The monoisotopic (exact) mass is 271 g/mol. The molecule has 1 aliphatic carbocycles. The van der Waals surface area contributed by atoms with Gasteiger partial charge < -0.3 is 5.32 Å². The van der Waals surface area contributed by atoms with Gasteiger partial charge in [-0.2, -0.15) is 0 Å². The maximum absolute atomic E-state index is 13.8. The minimum absolute atomic E-state index is 0.0181. The van der Waals surface area contributed by atoms with Crippen LogP contribution in [0.5, 0.6) is 0 Å². The largest absolute Gasteiger partial charge is 0.310 e. The Morgan fingerprint density at radius 2 is 1.84 bits per heavy atom. The fourth-order valence-electron chi connectivity index (χ4n) is 2.36. The Hall–Kier alpha value is -1.03. The van der Waals surface area contributed by atoms with Crippen molar-refractivity contribution in [3.8, 4) is 0 Å². The lowest BCUT2D eigenvalue weighted by atomic mass is 9.99. The summed E-state index contributed by atoms with van der Waals surface area (Å²) in [5, 5.41) is 3.17. The van der Waals surface area contributed by atoms with Crippen molar-refractivity contribution in [3.63, 3.8) is 0 Å². The van der Waals surface area contributed by atoms with Crippen LogP contribution in [0.2, 0.25) is 0 Å². The number of nitrogens with one attached hydrogen (secondary N) is 1. The number of hydrogen-bond donors (Lipinski definition) is 1. The van der Waals surface area contributed by atoms with Crippen LogP contribution in [0.4, 0.5) is 13.2 Å². The molecule has 1 aromatic carbocycles. The fraction of sp³-hybridized carbons (Fsp3) is 0.600.